The molecule has 1 amide bonds. The molecule has 4 heteroatoms. The summed E-state index contributed by atoms with van der Waals surface area (Å²) < 4.78 is 5.19. The second-order valence-electron chi connectivity index (χ2n) is 5.27. The molecular formula is C18H19NO3. The molecule has 2 aromatic rings. The molecule has 0 unspecified atom stereocenters. The minimum absolute atomic E-state index is 0.355. The Bertz CT molecular complexity index is 677. The van der Waals surface area contributed by atoms with Crippen molar-refractivity contribution in [3.05, 3.63) is 65.2 Å². The molecule has 0 saturated carbocycles. The van der Waals surface area contributed by atoms with Gasteiger partial charge in [-0.25, -0.2) is 4.79 Å². The van der Waals surface area contributed by atoms with Crippen molar-refractivity contribution >= 4 is 17.6 Å². The van der Waals surface area contributed by atoms with E-state index in [1.807, 2.05) is 44.2 Å². The zero-order valence-electron chi connectivity index (χ0n) is 12.9. The fraction of sp³-hybridized carbons (Fsp3) is 0.222. The molecule has 0 aromatic heterocycles. The number of carbonyl (C=O) groups excluding carboxylic acids is 2. The lowest BCUT2D eigenvalue weighted by Crippen LogP contribution is -2.30. The molecule has 0 spiro atoms. The Balaban J connectivity index is 1.96. The lowest BCUT2D eigenvalue weighted by Gasteiger charge is -2.14. The molecule has 1 N–H and O–H groups in total. The number of carbonyl (C=O) groups is 2. The van der Waals surface area contributed by atoms with Gasteiger partial charge < -0.3 is 10.1 Å². The molecule has 0 fully saturated rings. The van der Waals surface area contributed by atoms with Crippen molar-refractivity contribution in [2.45, 2.75) is 26.9 Å². The number of aryl methyl sites for hydroxylation is 2. The van der Waals surface area contributed by atoms with Crippen molar-refractivity contribution in [3.63, 3.8) is 0 Å². The van der Waals surface area contributed by atoms with Crippen molar-refractivity contribution in [2.24, 2.45) is 0 Å². The van der Waals surface area contributed by atoms with Crippen LogP contribution in [0.25, 0.3) is 0 Å². The number of benzene rings is 2. The number of hydrogen-bond acceptors (Lipinski definition) is 3. The van der Waals surface area contributed by atoms with Crippen LogP contribution in [0.15, 0.2) is 48.5 Å². The van der Waals surface area contributed by atoms with E-state index in [0.717, 1.165) is 11.1 Å². The van der Waals surface area contributed by atoms with E-state index in [1.165, 1.54) is 0 Å². The molecule has 0 saturated heterocycles. The van der Waals surface area contributed by atoms with Gasteiger partial charge in [-0.3, -0.25) is 4.79 Å². The van der Waals surface area contributed by atoms with Crippen molar-refractivity contribution in [1.29, 1.82) is 0 Å². The van der Waals surface area contributed by atoms with Crippen molar-refractivity contribution < 1.29 is 14.3 Å². The highest BCUT2D eigenvalue weighted by molar-refractivity contribution is 5.97. The highest BCUT2D eigenvalue weighted by Crippen LogP contribution is 2.11. The molecule has 22 heavy (non-hydrogen) atoms. The Hall–Kier alpha value is -2.62. The highest BCUT2D eigenvalue weighted by Gasteiger charge is 2.18. The Kier molecular flexibility index (Phi) is 4.94. The smallest absolute Gasteiger partial charge is 0.338 e. The average molecular weight is 297 g/mol. The van der Waals surface area contributed by atoms with Gasteiger partial charge in [-0.1, -0.05) is 29.8 Å². The lowest BCUT2D eigenvalue weighted by molar-refractivity contribution is -0.123. The van der Waals surface area contributed by atoms with Gasteiger partial charge in [-0.05, 0) is 50.6 Å². The monoisotopic (exact) mass is 297 g/mol. The molecule has 2 aromatic carbocycles. The second kappa shape index (κ2) is 6.89. The first-order valence-electron chi connectivity index (χ1n) is 7.11. The summed E-state index contributed by atoms with van der Waals surface area (Å²) in [6, 6.07) is 14.5. The number of esters is 1. The predicted octanol–water partition coefficient (Wildman–Crippen LogP) is 3.49. The molecule has 0 radical (unpaired) electrons. The van der Waals surface area contributed by atoms with Crippen LogP contribution in [0.1, 0.15) is 28.4 Å². The van der Waals surface area contributed by atoms with Crippen LogP contribution in [0.3, 0.4) is 0 Å². The molecule has 0 bridgehead atoms. The fourth-order valence-electron chi connectivity index (χ4n) is 1.94. The summed E-state index contributed by atoms with van der Waals surface area (Å²) in [5, 5.41) is 2.73. The van der Waals surface area contributed by atoms with Gasteiger partial charge in [0.15, 0.2) is 6.10 Å². The Morgan fingerprint density at radius 1 is 1.00 bits per heavy atom. The first kappa shape index (κ1) is 15.8. The second-order valence-corrected chi connectivity index (χ2v) is 5.27. The van der Waals surface area contributed by atoms with Gasteiger partial charge in [-0.2, -0.15) is 0 Å². The fourth-order valence-corrected chi connectivity index (χ4v) is 1.94. The number of rotatable bonds is 4. The summed E-state index contributed by atoms with van der Waals surface area (Å²) in [6.07, 6.45) is -0.866. The van der Waals surface area contributed by atoms with Crippen LogP contribution in [-0.2, 0) is 9.53 Å². The molecule has 1 atom stereocenters. The minimum atomic E-state index is -0.866. The number of ether oxygens (including phenoxy) is 1. The highest BCUT2D eigenvalue weighted by atomic mass is 16.5. The number of anilines is 1. The SMILES string of the molecule is Cc1ccc(C(=O)O[C@H](C)C(=O)Nc2cccc(C)c2)cc1. The van der Waals surface area contributed by atoms with Crippen molar-refractivity contribution in [2.75, 3.05) is 5.32 Å². The summed E-state index contributed by atoms with van der Waals surface area (Å²) >= 11 is 0. The van der Waals surface area contributed by atoms with Gasteiger partial charge in [0.05, 0.1) is 5.56 Å². The van der Waals surface area contributed by atoms with Gasteiger partial charge in [0.25, 0.3) is 5.91 Å². The van der Waals surface area contributed by atoms with Crippen molar-refractivity contribution in [3.8, 4) is 0 Å². The first-order chi connectivity index (χ1) is 10.5. The third-order valence-electron chi connectivity index (χ3n) is 3.23. The summed E-state index contributed by atoms with van der Waals surface area (Å²) in [7, 11) is 0. The molecule has 0 heterocycles. The Morgan fingerprint density at radius 2 is 1.68 bits per heavy atom. The zero-order chi connectivity index (χ0) is 16.1. The zero-order valence-corrected chi connectivity index (χ0v) is 12.9. The van der Waals surface area contributed by atoms with E-state index < -0.39 is 12.1 Å². The largest absolute Gasteiger partial charge is 0.449 e. The van der Waals surface area contributed by atoms with Crippen molar-refractivity contribution in [1.82, 2.24) is 0 Å². The molecule has 0 aliphatic heterocycles. The lowest BCUT2D eigenvalue weighted by atomic mass is 10.1. The van der Waals surface area contributed by atoms with E-state index >= 15 is 0 Å². The van der Waals surface area contributed by atoms with E-state index in [2.05, 4.69) is 5.32 Å². The molecule has 114 valence electrons. The van der Waals surface area contributed by atoms with Crippen LogP contribution in [-0.4, -0.2) is 18.0 Å². The maximum absolute atomic E-state index is 12.1. The Labute approximate surface area is 130 Å². The van der Waals surface area contributed by atoms with Crippen LogP contribution in [0.2, 0.25) is 0 Å². The van der Waals surface area contributed by atoms with Crippen LogP contribution >= 0.6 is 0 Å². The molecule has 2 rings (SSSR count). The average Bonchev–Trinajstić information content (AvgIpc) is 2.47. The molecular weight excluding hydrogens is 278 g/mol. The van der Waals surface area contributed by atoms with Crippen LogP contribution < -0.4 is 5.32 Å². The van der Waals surface area contributed by atoms with Crippen LogP contribution in [0, 0.1) is 13.8 Å². The molecule has 0 aliphatic carbocycles. The topological polar surface area (TPSA) is 55.4 Å². The van der Waals surface area contributed by atoms with E-state index in [4.69, 9.17) is 4.74 Å². The van der Waals surface area contributed by atoms with Gasteiger partial charge in [0, 0.05) is 5.69 Å². The summed E-state index contributed by atoms with van der Waals surface area (Å²) in [4.78, 5) is 24.0. The number of nitrogens with one attached hydrogen (secondary N) is 1. The van der Waals surface area contributed by atoms with Gasteiger partial charge in [-0.15, -0.1) is 0 Å². The minimum Gasteiger partial charge on any atom is -0.449 e. The molecule has 0 aliphatic rings. The Morgan fingerprint density at radius 3 is 2.32 bits per heavy atom. The summed E-state index contributed by atoms with van der Waals surface area (Å²) in [6.45, 7) is 5.43. The third kappa shape index (κ3) is 4.19. The maximum atomic E-state index is 12.1. The van der Waals surface area contributed by atoms with Crippen LogP contribution in [0.4, 0.5) is 5.69 Å². The maximum Gasteiger partial charge on any atom is 0.338 e. The van der Waals surface area contributed by atoms with E-state index in [0.29, 0.717) is 11.3 Å². The first-order valence-corrected chi connectivity index (χ1v) is 7.11. The van der Waals surface area contributed by atoms with E-state index in [1.54, 1.807) is 25.1 Å². The summed E-state index contributed by atoms with van der Waals surface area (Å²) in [5.74, 6) is -0.863. The number of hydrogen-bond donors (Lipinski definition) is 1. The third-order valence-corrected chi connectivity index (χ3v) is 3.23. The number of amides is 1. The van der Waals surface area contributed by atoms with Gasteiger partial charge in [0.1, 0.15) is 0 Å². The normalized spacial score (nSPS) is 11.6. The molecule has 4 nitrogen and oxygen atoms in total. The van der Waals surface area contributed by atoms with Crippen LogP contribution in [0.5, 0.6) is 0 Å². The van der Waals surface area contributed by atoms with E-state index in [9.17, 15) is 9.59 Å². The predicted molar refractivity (Wildman–Crippen MR) is 85.9 cm³/mol. The van der Waals surface area contributed by atoms with E-state index in [-0.39, 0.29) is 5.91 Å². The van der Waals surface area contributed by atoms with Gasteiger partial charge >= 0.3 is 5.97 Å². The van der Waals surface area contributed by atoms with Gasteiger partial charge in [0.2, 0.25) is 0 Å². The quantitative estimate of drug-likeness (QED) is 0.879. The standard InChI is InChI=1S/C18H19NO3/c1-12-7-9-15(10-8-12)18(21)22-14(3)17(20)19-16-6-4-5-13(2)11-16/h4-11,14H,1-3H3,(H,19,20)/t14-/m1/s1. The summed E-state index contributed by atoms with van der Waals surface area (Å²) in [5.41, 5.74) is 3.22.